The minimum atomic E-state index is -1.01. The molecule has 0 unspecified atom stereocenters. The molecule has 0 aliphatic rings. The highest BCUT2D eigenvalue weighted by atomic mass is 16.6. The molecule has 0 fully saturated rings. The first kappa shape index (κ1) is 17.8. The molecule has 2 aromatic heterocycles. The summed E-state index contributed by atoms with van der Waals surface area (Å²) in [5.41, 5.74) is 1.38. The largest absolute Gasteiger partial charge is 0.451 e. The molecule has 0 bridgehead atoms. The molecular weight excluding hydrogens is 334 g/mol. The third-order valence-electron chi connectivity index (χ3n) is 3.84. The first-order valence-electron chi connectivity index (χ1n) is 8.35. The summed E-state index contributed by atoms with van der Waals surface area (Å²) in [5, 5.41) is 5.31. The van der Waals surface area contributed by atoms with Crippen LogP contribution in [0.3, 0.4) is 0 Å². The molecule has 3 aromatic rings. The van der Waals surface area contributed by atoms with Gasteiger partial charge in [-0.05, 0) is 13.0 Å². The average Bonchev–Trinajstić information content (AvgIpc) is 2.96. The fraction of sp³-hybridized carbons (Fsp3) is 0.368. The van der Waals surface area contributed by atoms with Gasteiger partial charge in [-0.1, -0.05) is 39.0 Å². The molecule has 136 valence electrons. The minimum Gasteiger partial charge on any atom is -0.451 e. The highest BCUT2D eigenvalue weighted by Crippen LogP contribution is 2.28. The van der Waals surface area contributed by atoms with Crippen LogP contribution in [0.4, 0.5) is 0 Å². The Kier molecular flexibility index (Phi) is 4.39. The van der Waals surface area contributed by atoms with Gasteiger partial charge < -0.3 is 9.47 Å². The van der Waals surface area contributed by atoms with E-state index in [1.54, 1.807) is 10.6 Å². The Labute approximate surface area is 150 Å². The zero-order valence-electron chi connectivity index (χ0n) is 15.4. The number of fused-ring (bicyclic) bond motifs is 3. The predicted octanol–water partition coefficient (Wildman–Crippen LogP) is 3.04. The van der Waals surface area contributed by atoms with Crippen molar-refractivity contribution in [2.45, 2.75) is 46.1 Å². The van der Waals surface area contributed by atoms with Crippen molar-refractivity contribution in [3.8, 4) is 5.88 Å². The maximum absolute atomic E-state index is 12.1. The number of esters is 2. The number of para-hydroxylation sites is 1. The van der Waals surface area contributed by atoms with Gasteiger partial charge in [-0.15, -0.1) is 5.10 Å². The average molecular weight is 355 g/mol. The number of carbonyl (C=O) groups is 2. The van der Waals surface area contributed by atoms with Crippen LogP contribution in [0, 0.1) is 0 Å². The highest BCUT2D eigenvalue weighted by molar-refractivity contribution is 5.94. The van der Waals surface area contributed by atoms with Crippen LogP contribution in [0.2, 0.25) is 0 Å². The van der Waals surface area contributed by atoms with Crippen LogP contribution in [0.5, 0.6) is 5.88 Å². The van der Waals surface area contributed by atoms with Gasteiger partial charge in [0.1, 0.15) is 5.82 Å². The lowest BCUT2D eigenvalue weighted by Gasteiger charge is -2.19. The molecule has 2 heterocycles. The van der Waals surface area contributed by atoms with Gasteiger partial charge in [0.05, 0.1) is 11.0 Å². The Hall–Kier alpha value is -2.96. The van der Waals surface area contributed by atoms with Gasteiger partial charge in [0.15, 0.2) is 6.10 Å². The van der Waals surface area contributed by atoms with Gasteiger partial charge >= 0.3 is 11.9 Å². The molecule has 1 aromatic carbocycles. The minimum absolute atomic E-state index is 0.137. The molecule has 0 N–H and O–H groups in total. The molecular formula is C19H21N3O4. The van der Waals surface area contributed by atoms with Gasteiger partial charge in [-0.2, -0.15) is 0 Å². The van der Waals surface area contributed by atoms with Crippen molar-refractivity contribution in [1.29, 1.82) is 0 Å². The fourth-order valence-electron chi connectivity index (χ4n) is 2.68. The number of aromatic nitrogens is 3. The van der Waals surface area contributed by atoms with Crippen LogP contribution in [0.1, 0.15) is 40.4 Å². The van der Waals surface area contributed by atoms with Crippen molar-refractivity contribution in [2.24, 2.45) is 0 Å². The van der Waals surface area contributed by atoms with Crippen LogP contribution >= 0.6 is 0 Å². The molecule has 1 atom stereocenters. The van der Waals surface area contributed by atoms with Crippen molar-refractivity contribution in [3.63, 3.8) is 0 Å². The third kappa shape index (κ3) is 3.37. The van der Waals surface area contributed by atoms with Crippen LogP contribution in [0.15, 0.2) is 30.3 Å². The van der Waals surface area contributed by atoms with E-state index in [2.05, 4.69) is 5.10 Å². The number of hydrogen-bond acceptors (Lipinski definition) is 6. The van der Waals surface area contributed by atoms with E-state index in [9.17, 15) is 9.59 Å². The molecule has 0 aliphatic heterocycles. The van der Waals surface area contributed by atoms with Crippen molar-refractivity contribution >= 4 is 28.4 Å². The smallest absolute Gasteiger partial charge is 0.353 e. The second kappa shape index (κ2) is 6.40. The van der Waals surface area contributed by atoms with E-state index in [1.165, 1.54) is 13.8 Å². The summed E-state index contributed by atoms with van der Waals surface area (Å²) in [6.07, 6.45) is -1.01. The standard InChI is InChI=1S/C19H21N3O4/c1-11(25-12(2)23)17(24)26-16-10-15-13-8-6-7-9-14(13)20-18(19(3,4)5)22(15)21-16/h6-11H,1-5H3/t11-/m0/s1. The van der Waals surface area contributed by atoms with Gasteiger partial charge in [0, 0.05) is 23.8 Å². The number of nitrogens with zero attached hydrogens (tertiary/aromatic N) is 3. The zero-order valence-corrected chi connectivity index (χ0v) is 15.4. The summed E-state index contributed by atoms with van der Waals surface area (Å²) >= 11 is 0. The lowest BCUT2D eigenvalue weighted by molar-refractivity contribution is -0.159. The first-order valence-corrected chi connectivity index (χ1v) is 8.35. The molecule has 0 saturated carbocycles. The molecule has 3 rings (SSSR count). The molecule has 0 spiro atoms. The number of rotatable bonds is 3. The van der Waals surface area contributed by atoms with Gasteiger partial charge in [-0.3, -0.25) is 4.79 Å². The van der Waals surface area contributed by atoms with Crippen molar-refractivity contribution in [1.82, 2.24) is 14.6 Å². The SMILES string of the molecule is CC(=O)O[C@@H](C)C(=O)Oc1cc2c3ccccc3nc(C(C)(C)C)n2n1. The van der Waals surface area contributed by atoms with Crippen LogP contribution in [-0.4, -0.2) is 32.6 Å². The monoisotopic (exact) mass is 355 g/mol. The summed E-state index contributed by atoms with van der Waals surface area (Å²) in [6, 6.07) is 9.42. The molecule has 0 saturated heterocycles. The Morgan fingerprint density at radius 3 is 2.54 bits per heavy atom. The van der Waals surface area contributed by atoms with Gasteiger partial charge in [0.25, 0.3) is 0 Å². The second-order valence-electron chi connectivity index (χ2n) is 7.15. The van der Waals surface area contributed by atoms with Crippen molar-refractivity contribution < 1.29 is 19.1 Å². The summed E-state index contributed by atoms with van der Waals surface area (Å²) in [4.78, 5) is 27.8. The predicted molar refractivity (Wildman–Crippen MR) is 96.1 cm³/mol. The van der Waals surface area contributed by atoms with E-state index in [0.717, 1.165) is 22.2 Å². The van der Waals surface area contributed by atoms with Crippen LogP contribution < -0.4 is 4.74 Å². The molecule has 7 heteroatoms. The van der Waals surface area contributed by atoms with Crippen LogP contribution in [0.25, 0.3) is 16.4 Å². The summed E-state index contributed by atoms with van der Waals surface area (Å²) in [7, 11) is 0. The second-order valence-corrected chi connectivity index (χ2v) is 7.15. The van der Waals surface area contributed by atoms with E-state index < -0.39 is 18.0 Å². The summed E-state index contributed by atoms with van der Waals surface area (Å²) in [5.74, 6) is -0.341. The third-order valence-corrected chi connectivity index (χ3v) is 3.84. The molecule has 0 aliphatic carbocycles. The van der Waals surface area contributed by atoms with Gasteiger partial charge in [-0.25, -0.2) is 14.3 Å². The fourth-order valence-corrected chi connectivity index (χ4v) is 2.68. The Bertz CT molecular complexity index is 1000. The molecule has 0 amide bonds. The van der Waals surface area contributed by atoms with E-state index in [-0.39, 0.29) is 11.3 Å². The Morgan fingerprint density at radius 1 is 1.19 bits per heavy atom. The number of ether oxygens (including phenoxy) is 2. The van der Waals surface area contributed by atoms with E-state index in [0.29, 0.717) is 0 Å². The molecule has 26 heavy (non-hydrogen) atoms. The lowest BCUT2D eigenvalue weighted by Crippen LogP contribution is -2.27. The number of hydrogen-bond donors (Lipinski definition) is 0. The molecule has 7 nitrogen and oxygen atoms in total. The van der Waals surface area contributed by atoms with Crippen molar-refractivity contribution in [3.05, 3.63) is 36.2 Å². The number of carbonyl (C=O) groups excluding carboxylic acids is 2. The normalized spacial score (nSPS) is 13.0. The molecule has 0 radical (unpaired) electrons. The van der Waals surface area contributed by atoms with Crippen LogP contribution in [-0.2, 0) is 19.7 Å². The topological polar surface area (TPSA) is 82.8 Å². The van der Waals surface area contributed by atoms with E-state index in [4.69, 9.17) is 14.5 Å². The quantitative estimate of drug-likeness (QED) is 0.672. The highest BCUT2D eigenvalue weighted by Gasteiger charge is 2.24. The van der Waals surface area contributed by atoms with Crippen molar-refractivity contribution in [2.75, 3.05) is 0 Å². The zero-order chi connectivity index (χ0) is 19.1. The first-order chi connectivity index (χ1) is 12.2. The number of benzene rings is 1. The Morgan fingerprint density at radius 2 is 1.88 bits per heavy atom. The van der Waals surface area contributed by atoms with Gasteiger partial charge in [0.2, 0.25) is 5.88 Å². The van der Waals surface area contributed by atoms with E-state index in [1.807, 2.05) is 45.0 Å². The van der Waals surface area contributed by atoms with E-state index >= 15 is 0 Å². The summed E-state index contributed by atoms with van der Waals surface area (Å²) < 4.78 is 11.8. The summed E-state index contributed by atoms with van der Waals surface area (Å²) in [6.45, 7) is 8.82. The maximum Gasteiger partial charge on any atom is 0.353 e. The Balaban J connectivity index is 2.08. The maximum atomic E-state index is 12.1. The lowest BCUT2D eigenvalue weighted by atomic mass is 9.95.